The fraction of sp³-hybridized carbons (Fsp3) is 0.467. The summed E-state index contributed by atoms with van der Waals surface area (Å²) in [7, 11) is -1.74. The summed E-state index contributed by atoms with van der Waals surface area (Å²) in [6.45, 7) is 5.10. The maximum Gasteiger partial charge on any atom is 0.283 e. The van der Waals surface area contributed by atoms with Crippen LogP contribution in [0.3, 0.4) is 0 Å². The maximum absolute atomic E-state index is 13.0. The molecule has 0 amide bonds. The predicted molar refractivity (Wildman–Crippen MR) is 89.3 cm³/mol. The van der Waals surface area contributed by atoms with E-state index in [9.17, 15) is 8.42 Å². The molecular weight excluding hydrogens is 314 g/mol. The lowest BCUT2D eigenvalue weighted by atomic mass is 10.2. The number of anilines is 2. The lowest BCUT2D eigenvalue weighted by Crippen LogP contribution is -2.42. The fourth-order valence-electron chi connectivity index (χ4n) is 2.64. The monoisotopic (exact) mass is 335 g/mol. The summed E-state index contributed by atoms with van der Waals surface area (Å²) >= 11 is 0. The third-order valence-corrected chi connectivity index (χ3v) is 6.03. The molecule has 0 spiro atoms. The number of likely N-dealkylation sites (N-methyl/N-ethyl adjacent to an activating group) is 1. The van der Waals surface area contributed by atoms with E-state index in [1.165, 1.54) is 4.31 Å². The zero-order valence-electron chi connectivity index (χ0n) is 13.5. The molecule has 0 saturated carbocycles. The van der Waals surface area contributed by atoms with Gasteiger partial charge in [-0.05, 0) is 19.4 Å². The summed E-state index contributed by atoms with van der Waals surface area (Å²) in [5.74, 6) is 0. The van der Waals surface area contributed by atoms with Crippen LogP contribution in [-0.4, -0.2) is 43.1 Å². The normalized spacial score (nSPS) is 16.3. The second-order valence-electron chi connectivity index (χ2n) is 5.78. The highest BCUT2D eigenvalue weighted by atomic mass is 32.2. The van der Waals surface area contributed by atoms with Crippen molar-refractivity contribution in [2.75, 3.05) is 29.3 Å². The number of fused-ring (bicyclic) bond motifs is 1. The van der Waals surface area contributed by atoms with Gasteiger partial charge in [0.15, 0.2) is 5.03 Å². The van der Waals surface area contributed by atoms with Crippen molar-refractivity contribution in [2.24, 2.45) is 0 Å². The van der Waals surface area contributed by atoms with Gasteiger partial charge in [-0.2, -0.15) is 8.42 Å². The van der Waals surface area contributed by atoms with Crippen LogP contribution in [0.25, 0.3) is 0 Å². The molecule has 124 valence electrons. The van der Waals surface area contributed by atoms with E-state index in [0.29, 0.717) is 18.8 Å². The van der Waals surface area contributed by atoms with Crippen molar-refractivity contribution < 1.29 is 8.42 Å². The van der Waals surface area contributed by atoms with Crippen molar-refractivity contribution in [3.05, 3.63) is 31.0 Å². The molecule has 1 atom stereocenters. The highest BCUT2D eigenvalue weighted by molar-refractivity contribution is 7.92. The van der Waals surface area contributed by atoms with Crippen molar-refractivity contribution >= 4 is 21.4 Å². The third kappa shape index (κ3) is 2.67. The Hall–Kier alpha value is -2.09. The molecule has 7 nitrogen and oxygen atoms in total. The Morgan fingerprint density at radius 3 is 2.83 bits per heavy atom. The van der Waals surface area contributed by atoms with Crippen molar-refractivity contribution in [2.45, 2.75) is 31.3 Å². The molecule has 3 heterocycles. The number of aromatic nitrogens is 3. The molecule has 0 fully saturated rings. The van der Waals surface area contributed by atoms with Crippen LogP contribution in [0.5, 0.6) is 0 Å². The van der Waals surface area contributed by atoms with E-state index < -0.39 is 10.0 Å². The highest BCUT2D eigenvalue weighted by Crippen LogP contribution is 2.34. The number of imidazole rings is 1. The van der Waals surface area contributed by atoms with Crippen LogP contribution in [0.1, 0.15) is 26.3 Å². The summed E-state index contributed by atoms with van der Waals surface area (Å²) in [5.41, 5.74) is 1.45. The molecule has 23 heavy (non-hydrogen) atoms. The van der Waals surface area contributed by atoms with Gasteiger partial charge < -0.3 is 9.47 Å². The van der Waals surface area contributed by atoms with E-state index in [4.69, 9.17) is 0 Å². The molecule has 0 bridgehead atoms. The Morgan fingerprint density at radius 2 is 2.09 bits per heavy atom. The second-order valence-corrected chi connectivity index (χ2v) is 7.59. The van der Waals surface area contributed by atoms with E-state index in [1.807, 2.05) is 29.5 Å². The summed E-state index contributed by atoms with van der Waals surface area (Å²) in [6, 6.07) is 2.04. The number of sulfonamides is 1. The Bertz CT molecular complexity index is 802. The lowest BCUT2D eigenvalue weighted by Gasteiger charge is -2.35. The molecule has 8 heteroatoms. The van der Waals surface area contributed by atoms with Crippen LogP contribution in [0.15, 0.2) is 36.0 Å². The average molecular weight is 335 g/mol. The Morgan fingerprint density at radius 1 is 1.30 bits per heavy atom. The van der Waals surface area contributed by atoms with Crippen LogP contribution in [0, 0.1) is 0 Å². The van der Waals surface area contributed by atoms with Gasteiger partial charge in [-0.15, -0.1) is 0 Å². The van der Waals surface area contributed by atoms with Crippen molar-refractivity contribution in [3.8, 4) is 0 Å². The minimum Gasteiger partial charge on any atom is -0.371 e. The molecule has 0 radical (unpaired) electrons. The largest absolute Gasteiger partial charge is 0.371 e. The highest BCUT2D eigenvalue weighted by Gasteiger charge is 2.32. The minimum absolute atomic E-state index is 0.0807. The van der Waals surface area contributed by atoms with Gasteiger partial charge in [0.2, 0.25) is 0 Å². The van der Waals surface area contributed by atoms with Crippen LogP contribution in [-0.2, 0) is 10.0 Å². The van der Waals surface area contributed by atoms with E-state index >= 15 is 0 Å². The maximum atomic E-state index is 13.0. The second kappa shape index (κ2) is 5.84. The minimum atomic E-state index is -3.69. The van der Waals surface area contributed by atoms with Crippen LogP contribution in [0.2, 0.25) is 0 Å². The predicted octanol–water partition coefficient (Wildman–Crippen LogP) is 1.89. The first-order valence-corrected chi connectivity index (χ1v) is 9.10. The van der Waals surface area contributed by atoms with Crippen molar-refractivity contribution in [1.29, 1.82) is 0 Å². The number of hydrogen-bond acceptors (Lipinski definition) is 5. The molecule has 0 saturated heterocycles. The van der Waals surface area contributed by atoms with Gasteiger partial charge in [-0.3, -0.25) is 9.29 Å². The number of rotatable bonds is 4. The quantitative estimate of drug-likeness (QED) is 0.853. The van der Waals surface area contributed by atoms with Crippen LogP contribution in [0.4, 0.5) is 11.4 Å². The van der Waals surface area contributed by atoms with E-state index in [1.54, 1.807) is 24.9 Å². The van der Waals surface area contributed by atoms with Crippen LogP contribution >= 0.6 is 0 Å². The molecule has 0 aliphatic carbocycles. The standard InChI is InChI=1S/C15H21N5O2S/c1-4-12(2)19-10-15(17-11-19)23(21,22)20-8-7-18(3)13-5-6-16-9-14(13)20/h5-6,9-12H,4,7-8H2,1-3H3. The molecule has 3 rings (SSSR count). The van der Waals surface area contributed by atoms with Gasteiger partial charge >= 0.3 is 0 Å². The Balaban J connectivity index is 2.01. The number of nitrogens with zero attached hydrogens (tertiary/aromatic N) is 5. The zero-order chi connectivity index (χ0) is 16.6. The fourth-order valence-corrected chi connectivity index (χ4v) is 4.02. The Labute approximate surface area is 136 Å². The van der Waals surface area contributed by atoms with Gasteiger partial charge in [-0.25, -0.2) is 4.98 Å². The van der Waals surface area contributed by atoms with Crippen LogP contribution < -0.4 is 9.21 Å². The number of pyridine rings is 1. The van der Waals surface area contributed by atoms with Gasteiger partial charge in [0.05, 0.1) is 30.4 Å². The van der Waals surface area contributed by atoms with Gasteiger partial charge in [0.25, 0.3) is 10.0 Å². The smallest absolute Gasteiger partial charge is 0.283 e. The van der Waals surface area contributed by atoms with E-state index in [0.717, 1.165) is 12.1 Å². The molecule has 0 aromatic carbocycles. The topological polar surface area (TPSA) is 71.3 Å². The summed E-state index contributed by atoms with van der Waals surface area (Å²) in [4.78, 5) is 10.2. The molecule has 1 aliphatic rings. The molecule has 1 unspecified atom stereocenters. The number of hydrogen-bond donors (Lipinski definition) is 0. The average Bonchev–Trinajstić information content (AvgIpc) is 3.05. The first-order valence-electron chi connectivity index (χ1n) is 7.66. The molecule has 2 aromatic rings. The van der Waals surface area contributed by atoms with Gasteiger partial charge in [-0.1, -0.05) is 6.92 Å². The van der Waals surface area contributed by atoms with Gasteiger partial charge in [0.1, 0.15) is 0 Å². The lowest BCUT2D eigenvalue weighted by molar-refractivity contribution is 0.529. The van der Waals surface area contributed by atoms with Crippen molar-refractivity contribution in [1.82, 2.24) is 14.5 Å². The molecular formula is C15H21N5O2S. The zero-order valence-corrected chi connectivity index (χ0v) is 14.4. The summed E-state index contributed by atoms with van der Waals surface area (Å²) in [5, 5.41) is 0.0807. The first-order chi connectivity index (χ1) is 10.9. The Kier molecular flexibility index (Phi) is 4.01. The molecule has 1 aliphatic heterocycles. The molecule has 2 aromatic heterocycles. The summed E-state index contributed by atoms with van der Waals surface area (Å²) < 4.78 is 29.2. The molecule has 0 N–H and O–H groups in total. The van der Waals surface area contributed by atoms with E-state index in [-0.39, 0.29) is 11.1 Å². The van der Waals surface area contributed by atoms with Crippen molar-refractivity contribution in [3.63, 3.8) is 0 Å². The van der Waals surface area contributed by atoms with Gasteiger partial charge in [0, 0.05) is 32.0 Å². The SMILES string of the molecule is CCC(C)n1cnc(S(=O)(=O)N2CCN(C)c3ccncc32)c1. The third-order valence-electron chi connectivity index (χ3n) is 4.33. The summed E-state index contributed by atoms with van der Waals surface area (Å²) in [6.07, 6.45) is 7.37. The first kappa shape index (κ1) is 15.8. The van der Waals surface area contributed by atoms with E-state index in [2.05, 4.69) is 16.9 Å².